The van der Waals surface area contributed by atoms with Crippen molar-refractivity contribution in [3.63, 3.8) is 0 Å². The minimum absolute atomic E-state index is 0.0470. The maximum absolute atomic E-state index is 12.0. The van der Waals surface area contributed by atoms with Crippen LogP contribution in [0.4, 0.5) is 5.95 Å². The number of hydrogen-bond donors (Lipinski definition) is 1. The Bertz CT molecular complexity index is 626. The Balaban J connectivity index is 2.35. The maximum Gasteiger partial charge on any atom is 0.265 e. The number of aryl methyl sites for hydroxylation is 1. The van der Waals surface area contributed by atoms with Crippen LogP contribution in [-0.4, -0.2) is 23.6 Å². The van der Waals surface area contributed by atoms with Gasteiger partial charge < -0.3 is 0 Å². The van der Waals surface area contributed by atoms with E-state index in [1.54, 1.807) is 13.0 Å². The van der Waals surface area contributed by atoms with E-state index in [4.69, 9.17) is 0 Å². The quantitative estimate of drug-likeness (QED) is 0.925. The molecule has 90 valence electrons. The van der Waals surface area contributed by atoms with Crippen molar-refractivity contribution in [2.45, 2.75) is 11.8 Å². The van der Waals surface area contributed by atoms with Gasteiger partial charge in [0.25, 0.3) is 16.0 Å². The van der Waals surface area contributed by atoms with Crippen LogP contribution in [0, 0.1) is 6.92 Å². The number of sulfonamides is 1. The summed E-state index contributed by atoms with van der Waals surface area (Å²) in [5.74, 6) is -0.0470. The molecule has 0 aromatic carbocycles. The molecule has 6 nitrogen and oxygen atoms in total. The van der Waals surface area contributed by atoms with E-state index in [2.05, 4.69) is 35.8 Å². The third kappa shape index (κ3) is 2.79. The van der Waals surface area contributed by atoms with Crippen molar-refractivity contribution in [2.24, 2.45) is 0 Å². The van der Waals surface area contributed by atoms with E-state index < -0.39 is 10.0 Å². The number of halogens is 1. The Labute approximate surface area is 110 Å². The van der Waals surface area contributed by atoms with Crippen LogP contribution in [0.1, 0.15) is 4.88 Å². The zero-order valence-electron chi connectivity index (χ0n) is 8.58. The summed E-state index contributed by atoms with van der Waals surface area (Å²) >= 11 is 4.59. The highest BCUT2D eigenvalue weighted by molar-refractivity contribution is 9.11. The minimum Gasteiger partial charge on any atom is -0.246 e. The van der Waals surface area contributed by atoms with Gasteiger partial charge in [0.2, 0.25) is 0 Å². The normalized spacial score (nSPS) is 11.4. The fourth-order valence-corrected chi connectivity index (χ4v) is 4.53. The Morgan fingerprint density at radius 2 is 2.18 bits per heavy atom. The van der Waals surface area contributed by atoms with E-state index in [-0.39, 0.29) is 10.8 Å². The van der Waals surface area contributed by atoms with Crippen molar-refractivity contribution in [3.8, 4) is 0 Å². The van der Waals surface area contributed by atoms with Gasteiger partial charge in [0.1, 0.15) is 4.90 Å². The predicted molar refractivity (Wildman–Crippen MR) is 67.4 cm³/mol. The molecule has 0 aliphatic carbocycles. The Morgan fingerprint density at radius 3 is 2.71 bits per heavy atom. The molecule has 1 N–H and O–H groups in total. The Morgan fingerprint density at radius 1 is 1.41 bits per heavy atom. The molecule has 2 aromatic heterocycles. The van der Waals surface area contributed by atoms with Crippen LogP contribution in [0.15, 0.2) is 27.1 Å². The molecule has 2 heterocycles. The molecular weight excluding hydrogens is 328 g/mol. The third-order valence-electron chi connectivity index (χ3n) is 1.84. The average Bonchev–Trinajstić information content (AvgIpc) is 2.59. The summed E-state index contributed by atoms with van der Waals surface area (Å²) in [5, 5.41) is 7.11. The van der Waals surface area contributed by atoms with Gasteiger partial charge in [-0.3, -0.25) is 0 Å². The van der Waals surface area contributed by atoms with E-state index in [0.29, 0.717) is 4.88 Å². The standard InChI is InChI=1S/C8H7BrN4O2S2/c1-5-6(4-7(9)16-5)17(14,15)13-8-10-2-3-11-12-8/h2-4H,1H3,(H,10,12,13). The monoisotopic (exact) mass is 334 g/mol. The van der Waals surface area contributed by atoms with Crippen molar-refractivity contribution in [1.29, 1.82) is 0 Å². The molecule has 0 radical (unpaired) electrons. The topological polar surface area (TPSA) is 84.8 Å². The molecule has 0 saturated heterocycles. The minimum atomic E-state index is -3.66. The molecule has 0 saturated carbocycles. The van der Waals surface area contributed by atoms with Crippen molar-refractivity contribution >= 4 is 43.2 Å². The van der Waals surface area contributed by atoms with Gasteiger partial charge in [0, 0.05) is 4.88 Å². The van der Waals surface area contributed by atoms with Gasteiger partial charge in [0.05, 0.1) is 16.2 Å². The first kappa shape index (κ1) is 12.4. The van der Waals surface area contributed by atoms with Crippen LogP contribution in [0.3, 0.4) is 0 Å². The number of thiophene rings is 1. The van der Waals surface area contributed by atoms with Gasteiger partial charge >= 0.3 is 0 Å². The predicted octanol–water partition coefficient (Wildman–Crippen LogP) is 1.80. The molecule has 9 heteroatoms. The lowest BCUT2D eigenvalue weighted by Gasteiger charge is -2.04. The smallest absolute Gasteiger partial charge is 0.246 e. The molecule has 0 aliphatic rings. The van der Waals surface area contributed by atoms with E-state index in [0.717, 1.165) is 3.79 Å². The summed E-state index contributed by atoms with van der Waals surface area (Å²) in [6.45, 7) is 1.73. The van der Waals surface area contributed by atoms with Crippen LogP contribution in [0.5, 0.6) is 0 Å². The van der Waals surface area contributed by atoms with Crippen LogP contribution in [0.25, 0.3) is 0 Å². The second-order valence-corrected chi connectivity index (χ2v) is 7.33. The lowest BCUT2D eigenvalue weighted by molar-refractivity contribution is 0.600. The summed E-state index contributed by atoms with van der Waals surface area (Å²) < 4.78 is 27.0. The first-order valence-electron chi connectivity index (χ1n) is 4.41. The highest BCUT2D eigenvalue weighted by atomic mass is 79.9. The van der Waals surface area contributed by atoms with Crippen molar-refractivity contribution in [1.82, 2.24) is 15.2 Å². The van der Waals surface area contributed by atoms with E-state index >= 15 is 0 Å². The summed E-state index contributed by atoms with van der Waals surface area (Å²) in [7, 11) is -3.66. The number of nitrogens with one attached hydrogen (secondary N) is 1. The first-order chi connectivity index (χ1) is 7.99. The highest BCUT2D eigenvalue weighted by Crippen LogP contribution is 2.30. The molecule has 2 aromatic rings. The molecule has 0 bridgehead atoms. The number of anilines is 1. The van der Waals surface area contributed by atoms with Gasteiger partial charge in [0.15, 0.2) is 0 Å². The van der Waals surface area contributed by atoms with Crippen molar-refractivity contribution in [3.05, 3.63) is 27.1 Å². The average molecular weight is 335 g/mol. The number of aromatic nitrogens is 3. The zero-order chi connectivity index (χ0) is 12.5. The van der Waals surface area contributed by atoms with E-state index in [1.165, 1.54) is 23.7 Å². The summed E-state index contributed by atoms with van der Waals surface area (Å²) in [4.78, 5) is 4.65. The Kier molecular flexibility index (Phi) is 3.40. The number of rotatable bonds is 3. The molecular formula is C8H7BrN4O2S2. The third-order valence-corrected chi connectivity index (χ3v) is 4.98. The van der Waals surface area contributed by atoms with E-state index in [9.17, 15) is 8.42 Å². The van der Waals surface area contributed by atoms with Crippen LogP contribution in [-0.2, 0) is 10.0 Å². The summed E-state index contributed by atoms with van der Waals surface area (Å²) in [5.41, 5.74) is 0. The van der Waals surface area contributed by atoms with Crippen molar-refractivity contribution < 1.29 is 8.42 Å². The fourth-order valence-electron chi connectivity index (χ4n) is 1.17. The lowest BCUT2D eigenvalue weighted by Crippen LogP contribution is -2.15. The molecule has 0 atom stereocenters. The van der Waals surface area contributed by atoms with Crippen LogP contribution >= 0.6 is 27.3 Å². The first-order valence-corrected chi connectivity index (χ1v) is 7.51. The molecule has 0 spiro atoms. The van der Waals surface area contributed by atoms with Crippen LogP contribution < -0.4 is 4.72 Å². The molecule has 17 heavy (non-hydrogen) atoms. The summed E-state index contributed by atoms with van der Waals surface area (Å²) in [6, 6.07) is 1.54. The molecule has 0 amide bonds. The highest BCUT2D eigenvalue weighted by Gasteiger charge is 2.20. The van der Waals surface area contributed by atoms with Crippen molar-refractivity contribution in [2.75, 3.05) is 4.72 Å². The largest absolute Gasteiger partial charge is 0.265 e. The zero-order valence-corrected chi connectivity index (χ0v) is 11.8. The Hall–Kier alpha value is -1.06. The second kappa shape index (κ2) is 4.67. The van der Waals surface area contributed by atoms with Gasteiger partial charge in [-0.1, -0.05) is 0 Å². The number of nitrogens with zero attached hydrogens (tertiary/aromatic N) is 3. The maximum atomic E-state index is 12.0. The SMILES string of the molecule is Cc1sc(Br)cc1S(=O)(=O)Nc1nccnn1. The number of hydrogen-bond acceptors (Lipinski definition) is 6. The lowest BCUT2D eigenvalue weighted by atomic mass is 10.5. The fraction of sp³-hybridized carbons (Fsp3) is 0.125. The van der Waals surface area contributed by atoms with Gasteiger partial charge in [-0.25, -0.2) is 18.1 Å². The van der Waals surface area contributed by atoms with Gasteiger partial charge in [-0.05, 0) is 28.9 Å². The van der Waals surface area contributed by atoms with Crippen LogP contribution in [0.2, 0.25) is 0 Å². The van der Waals surface area contributed by atoms with Gasteiger partial charge in [-0.15, -0.1) is 16.4 Å². The second-order valence-electron chi connectivity index (χ2n) is 3.04. The molecule has 2 rings (SSSR count). The molecule has 0 fully saturated rings. The molecule has 0 aliphatic heterocycles. The molecule has 0 unspecified atom stereocenters. The summed E-state index contributed by atoms with van der Waals surface area (Å²) in [6.07, 6.45) is 2.73. The van der Waals surface area contributed by atoms with Gasteiger partial charge in [-0.2, -0.15) is 5.10 Å². The van der Waals surface area contributed by atoms with E-state index in [1.807, 2.05) is 0 Å².